The highest BCUT2D eigenvalue weighted by Crippen LogP contribution is 2.00. The van der Waals surface area contributed by atoms with Gasteiger partial charge in [-0.1, -0.05) is 5.92 Å². The molecule has 0 aliphatic rings. The van der Waals surface area contributed by atoms with Gasteiger partial charge in [-0.05, 0) is 13.8 Å². The van der Waals surface area contributed by atoms with Crippen LogP contribution in [0, 0.1) is 18.8 Å². The van der Waals surface area contributed by atoms with Crippen molar-refractivity contribution in [3.8, 4) is 11.8 Å². The van der Waals surface area contributed by atoms with Crippen molar-refractivity contribution in [2.24, 2.45) is 0 Å². The Morgan fingerprint density at radius 2 is 2.54 bits per heavy atom. The third-order valence-electron chi connectivity index (χ3n) is 1.59. The normalized spacial score (nSPS) is 8.77. The summed E-state index contributed by atoms with van der Waals surface area (Å²) >= 11 is 0. The van der Waals surface area contributed by atoms with Crippen LogP contribution in [0.1, 0.15) is 23.0 Å². The molecular formula is C9H11N3O. The fourth-order valence-corrected chi connectivity index (χ4v) is 0.888. The molecule has 0 saturated heterocycles. The number of carbonyl (C=O) groups is 1. The van der Waals surface area contributed by atoms with Gasteiger partial charge in [-0.2, -0.15) is 5.10 Å². The van der Waals surface area contributed by atoms with Crippen molar-refractivity contribution in [1.82, 2.24) is 15.5 Å². The molecule has 1 rings (SSSR count). The zero-order chi connectivity index (χ0) is 9.68. The summed E-state index contributed by atoms with van der Waals surface area (Å²) in [6, 6.07) is 0. The van der Waals surface area contributed by atoms with Gasteiger partial charge in [-0.3, -0.25) is 9.89 Å². The van der Waals surface area contributed by atoms with Crippen molar-refractivity contribution in [1.29, 1.82) is 0 Å². The number of aromatic amines is 1. The minimum Gasteiger partial charge on any atom is -0.341 e. The third kappa shape index (κ3) is 2.34. The van der Waals surface area contributed by atoms with E-state index >= 15 is 0 Å². The van der Waals surface area contributed by atoms with Gasteiger partial charge in [-0.25, -0.2) is 0 Å². The number of nitrogens with one attached hydrogen (secondary N) is 2. The average Bonchev–Trinajstić information content (AvgIpc) is 2.52. The number of rotatable bonds is 2. The summed E-state index contributed by atoms with van der Waals surface area (Å²) in [7, 11) is 0. The van der Waals surface area contributed by atoms with Gasteiger partial charge in [0.25, 0.3) is 5.91 Å². The molecule has 13 heavy (non-hydrogen) atoms. The quantitative estimate of drug-likeness (QED) is 0.645. The predicted molar refractivity (Wildman–Crippen MR) is 49.1 cm³/mol. The third-order valence-corrected chi connectivity index (χ3v) is 1.59. The predicted octanol–water partition coefficient (Wildman–Crippen LogP) is 0.471. The Labute approximate surface area is 76.7 Å². The lowest BCUT2D eigenvalue weighted by Crippen LogP contribution is -2.23. The minimum absolute atomic E-state index is 0.144. The first-order valence-corrected chi connectivity index (χ1v) is 3.93. The van der Waals surface area contributed by atoms with Crippen molar-refractivity contribution >= 4 is 5.91 Å². The fourth-order valence-electron chi connectivity index (χ4n) is 0.888. The number of hydrogen-bond acceptors (Lipinski definition) is 2. The maximum Gasteiger partial charge on any atom is 0.255 e. The maximum absolute atomic E-state index is 11.4. The number of H-pyrrole nitrogens is 1. The molecule has 1 amide bonds. The second-order valence-corrected chi connectivity index (χ2v) is 2.52. The number of nitrogens with zero attached hydrogens (tertiary/aromatic N) is 1. The summed E-state index contributed by atoms with van der Waals surface area (Å²) in [6.45, 7) is 3.91. The Morgan fingerprint density at radius 3 is 3.08 bits per heavy atom. The van der Waals surface area contributed by atoms with E-state index < -0.39 is 0 Å². The summed E-state index contributed by atoms with van der Waals surface area (Å²) in [5.41, 5.74) is 1.33. The molecule has 0 fully saturated rings. The summed E-state index contributed by atoms with van der Waals surface area (Å²) in [5.74, 6) is 5.30. The van der Waals surface area contributed by atoms with Crippen LogP contribution in [0.15, 0.2) is 6.20 Å². The number of aromatic nitrogens is 2. The topological polar surface area (TPSA) is 57.8 Å². The molecule has 0 saturated carbocycles. The van der Waals surface area contributed by atoms with Crippen LogP contribution in [0.25, 0.3) is 0 Å². The van der Waals surface area contributed by atoms with Crippen molar-refractivity contribution in [3.05, 3.63) is 17.5 Å². The summed E-state index contributed by atoms with van der Waals surface area (Å²) < 4.78 is 0. The lowest BCUT2D eigenvalue weighted by Gasteiger charge is -1.98. The van der Waals surface area contributed by atoms with Crippen LogP contribution in [0.4, 0.5) is 0 Å². The minimum atomic E-state index is -0.144. The second-order valence-electron chi connectivity index (χ2n) is 2.52. The highest BCUT2D eigenvalue weighted by molar-refractivity contribution is 5.95. The zero-order valence-corrected chi connectivity index (χ0v) is 7.64. The summed E-state index contributed by atoms with van der Waals surface area (Å²) in [6.07, 6.45) is 1.50. The van der Waals surface area contributed by atoms with Gasteiger partial charge in [0.1, 0.15) is 0 Å². The molecule has 1 aromatic rings. The monoisotopic (exact) mass is 177 g/mol. The van der Waals surface area contributed by atoms with Gasteiger partial charge in [0, 0.05) is 5.69 Å². The number of hydrogen-bond donors (Lipinski definition) is 2. The van der Waals surface area contributed by atoms with E-state index in [1.165, 1.54) is 6.20 Å². The SMILES string of the molecule is CC#CCNC(=O)c1cn[nH]c1C. The van der Waals surface area contributed by atoms with Crippen molar-refractivity contribution < 1.29 is 4.79 Å². The Hall–Kier alpha value is -1.76. The number of aryl methyl sites for hydroxylation is 1. The second kappa shape index (κ2) is 4.31. The van der Waals surface area contributed by atoms with Crippen molar-refractivity contribution in [2.45, 2.75) is 13.8 Å². The highest BCUT2D eigenvalue weighted by Gasteiger charge is 2.08. The molecule has 0 aromatic carbocycles. The molecule has 1 aromatic heterocycles. The molecule has 68 valence electrons. The molecule has 0 unspecified atom stereocenters. The van der Waals surface area contributed by atoms with Gasteiger partial charge < -0.3 is 5.32 Å². The summed E-state index contributed by atoms with van der Waals surface area (Å²) in [4.78, 5) is 11.4. The van der Waals surface area contributed by atoms with E-state index in [2.05, 4.69) is 27.4 Å². The summed E-state index contributed by atoms with van der Waals surface area (Å²) in [5, 5.41) is 9.10. The molecule has 0 atom stereocenters. The van der Waals surface area contributed by atoms with Gasteiger partial charge in [0.05, 0.1) is 18.3 Å². The first-order chi connectivity index (χ1) is 6.25. The average molecular weight is 177 g/mol. The van der Waals surface area contributed by atoms with Crippen LogP contribution in [-0.2, 0) is 0 Å². The highest BCUT2D eigenvalue weighted by atomic mass is 16.1. The van der Waals surface area contributed by atoms with Crippen molar-refractivity contribution in [3.63, 3.8) is 0 Å². The fraction of sp³-hybridized carbons (Fsp3) is 0.333. The van der Waals surface area contributed by atoms with Gasteiger partial charge in [0.15, 0.2) is 0 Å². The Kier molecular flexibility index (Phi) is 3.09. The standard InChI is InChI=1S/C9H11N3O/c1-3-4-5-10-9(13)8-6-11-12-7(8)2/h6H,5H2,1-2H3,(H,10,13)(H,11,12). The van der Waals surface area contributed by atoms with Gasteiger partial charge in [-0.15, -0.1) is 5.92 Å². The molecular weight excluding hydrogens is 166 g/mol. The Morgan fingerprint density at radius 1 is 1.77 bits per heavy atom. The molecule has 2 N–H and O–H groups in total. The molecule has 0 radical (unpaired) electrons. The van der Waals surface area contributed by atoms with E-state index in [9.17, 15) is 4.79 Å². The molecule has 4 nitrogen and oxygen atoms in total. The molecule has 4 heteroatoms. The molecule has 0 aliphatic heterocycles. The molecule has 1 heterocycles. The van der Waals surface area contributed by atoms with E-state index in [1.807, 2.05) is 0 Å². The molecule has 0 aliphatic carbocycles. The van der Waals surface area contributed by atoms with Crippen LogP contribution >= 0.6 is 0 Å². The molecule has 0 bridgehead atoms. The smallest absolute Gasteiger partial charge is 0.255 e. The van der Waals surface area contributed by atoms with E-state index in [1.54, 1.807) is 13.8 Å². The zero-order valence-electron chi connectivity index (χ0n) is 7.64. The lowest BCUT2D eigenvalue weighted by molar-refractivity contribution is 0.0958. The van der Waals surface area contributed by atoms with E-state index in [4.69, 9.17) is 0 Å². The number of carbonyl (C=O) groups excluding carboxylic acids is 1. The van der Waals surface area contributed by atoms with Crippen LogP contribution in [0.3, 0.4) is 0 Å². The van der Waals surface area contributed by atoms with Crippen LogP contribution in [0.5, 0.6) is 0 Å². The van der Waals surface area contributed by atoms with Gasteiger partial charge >= 0.3 is 0 Å². The lowest BCUT2D eigenvalue weighted by atomic mass is 10.2. The largest absolute Gasteiger partial charge is 0.341 e. The Bertz CT molecular complexity index is 356. The van der Waals surface area contributed by atoms with Crippen LogP contribution in [0.2, 0.25) is 0 Å². The van der Waals surface area contributed by atoms with Crippen molar-refractivity contribution in [2.75, 3.05) is 6.54 Å². The first kappa shape index (κ1) is 9.33. The van der Waals surface area contributed by atoms with Crippen LogP contribution < -0.4 is 5.32 Å². The number of amides is 1. The van der Waals surface area contributed by atoms with Crippen LogP contribution in [-0.4, -0.2) is 22.6 Å². The first-order valence-electron chi connectivity index (χ1n) is 3.93. The van der Waals surface area contributed by atoms with E-state index in [0.29, 0.717) is 12.1 Å². The van der Waals surface area contributed by atoms with Gasteiger partial charge in [0.2, 0.25) is 0 Å². The Balaban J connectivity index is 2.57. The maximum atomic E-state index is 11.4. The van der Waals surface area contributed by atoms with E-state index in [-0.39, 0.29) is 5.91 Å². The van der Waals surface area contributed by atoms with E-state index in [0.717, 1.165) is 5.69 Å². The molecule has 0 spiro atoms.